The Hall–Kier alpha value is -2.33. The third-order valence-electron chi connectivity index (χ3n) is 3.34. The second-order valence-corrected chi connectivity index (χ2v) is 5.49. The van der Waals surface area contributed by atoms with Gasteiger partial charge in [0.15, 0.2) is 5.16 Å². The third-order valence-corrected chi connectivity index (χ3v) is 3.89. The summed E-state index contributed by atoms with van der Waals surface area (Å²) < 4.78 is 5.21. The molecule has 0 N–H and O–H groups in total. The average molecular weight is 308 g/mol. The number of benzene rings is 2. The van der Waals surface area contributed by atoms with Crippen molar-refractivity contribution in [2.24, 2.45) is 0 Å². The summed E-state index contributed by atoms with van der Waals surface area (Å²) in [5.41, 5.74) is 4.00. The highest BCUT2D eigenvalue weighted by Crippen LogP contribution is 2.27. The van der Waals surface area contributed by atoms with Crippen LogP contribution >= 0.6 is 11.8 Å². The van der Waals surface area contributed by atoms with Crippen LogP contribution in [0.2, 0.25) is 0 Å². The molecule has 0 atom stereocenters. The van der Waals surface area contributed by atoms with Crippen molar-refractivity contribution in [2.75, 3.05) is 13.4 Å². The first-order chi connectivity index (χ1) is 10.8. The first-order valence-corrected chi connectivity index (χ1v) is 8.15. The summed E-state index contributed by atoms with van der Waals surface area (Å²) in [5, 5.41) is 0.771. The molecule has 3 aromatic rings. The molecule has 0 aliphatic carbocycles. The van der Waals surface area contributed by atoms with Crippen molar-refractivity contribution in [1.29, 1.82) is 0 Å². The number of rotatable bonds is 4. The molecule has 0 saturated carbocycles. The van der Waals surface area contributed by atoms with E-state index in [-0.39, 0.29) is 0 Å². The molecule has 0 radical (unpaired) electrons. The van der Waals surface area contributed by atoms with Crippen LogP contribution in [-0.4, -0.2) is 23.3 Å². The molecule has 0 bridgehead atoms. The van der Waals surface area contributed by atoms with Crippen molar-refractivity contribution in [2.45, 2.75) is 5.16 Å². The molecule has 22 heavy (non-hydrogen) atoms. The second-order valence-electron chi connectivity index (χ2n) is 4.72. The molecular weight excluding hydrogens is 292 g/mol. The fourth-order valence-corrected chi connectivity index (χ4v) is 2.56. The topological polar surface area (TPSA) is 35.0 Å². The van der Waals surface area contributed by atoms with Gasteiger partial charge in [0.2, 0.25) is 0 Å². The minimum Gasteiger partial charge on any atom is -0.497 e. The van der Waals surface area contributed by atoms with E-state index in [0.29, 0.717) is 0 Å². The highest BCUT2D eigenvalue weighted by molar-refractivity contribution is 7.98. The van der Waals surface area contributed by atoms with E-state index >= 15 is 0 Å². The third kappa shape index (κ3) is 3.12. The summed E-state index contributed by atoms with van der Waals surface area (Å²) in [5.74, 6) is 0.839. The van der Waals surface area contributed by atoms with Crippen molar-refractivity contribution >= 4 is 11.8 Å². The number of hydrogen-bond acceptors (Lipinski definition) is 4. The normalized spacial score (nSPS) is 10.5. The predicted molar refractivity (Wildman–Crippen MR) is 91.2 cm³/mol. The number of methoxy groups -OCH3 is 1. The van der Waals surface area contributed by atoms with Crippen LogP contribution in [-0.2, 0) is 0 Å². The summed E-state index contributed by atoms with van der Waals surface area (Å²) >= 11 is 1.55. The van der Waals surface area contributed by atoms with Crippen molar-refractivity contribution in [3.8, 4) is 28.3 Å². The number of nitrogens with zero attached hydrogens (tertiary/aromatic N) is 2. The lowest BCUT2D eigenvalue weighted by atomic mass is 10.1. The van der Waals surface area contributed by atoms with Gasteiger partial charge in [-0.1, -0.05) is 42.1 Å². The van der Waals surface area contributed by atoms with E-state index in [2.05, 4.69) is 22.1 Å². The smallest absolute Gasteiger partial charge is 0.188 e. The fourth-order valence-electron chi connectivity index (χ4n) is 2.18. The number of ether oxygens (including phenoxy) is 1. The molecule has 0 aliphatic heterocycles. The number of hydrogen-bond donors (Lipinski definition) is 0. The molecule has 0 fully saturated rings. The van der Waals surface area contributed by atoms with Crippen LogP contribution in [0, 0.1) is 0 Å². The van der Waals surface area contributed by atoms with Gasteiger partial charge < -0.3 is 4.74 Å². The van der Waals surface area contributed by atoms with Crippen LogP contribution in [0.5, 0.6) is 5.75 Å². The Morgan fingerprint density at radius 3 is 1.95 bits per heavy atom. The zero-order valence-electron chi connectivity index (χ0n) is 12.5. The molecule has 3 nitrogen and oxygen atoms in total. The molecule has 1 heterocycles. The van der Waals surface area contributed by atoms with Gasteiger partial charge in [0.1, 0.15) is 5.75 Å². The molecule has 2 aromatic carbocycles. The first-order valence-electron chi connectivity index (χ1n) is 6.93. The second kappa shape index (κ2) is 6.62. The maximum Gasteiger partial charge on any atom is 0.188 e. The summed E-state index contributed by atoms with van der Waals surface area (Å²) in [6.07, 6.45) is 1.99. The maximum atomic E-state index is 5.21. The molecule has 1 aromatic heterocycles. The molecule has 0 aliphatic rings. The van der Waals surface area contributed by atoms with Crippen molar-refractivity contribution in [3.05, 3.63) is 60.7 Å². The molecule has 0 spiro atoms. The quantitative estimate of drug-likeness (QED) is 0.523. The molecule has 110 valence electrons. The van der Waals surface area contributed by atoms with Crippen LogP contribution in [0.25, 0.3) is 22.5 Å². The lowest BCUT2D eigenvalue weighted by Gasteiger charge is -2.08. The van der Waals surface area contributed by atoms with Gasteiger partial charge in [-0.15, -0.1) is 0 Å². The van der Waals surface area contributed by atoms with Gasteiger partial charge in [0, 0.05) is 11.1 Å². The monoisotopic (exact) mass is 308 g/mol. The van der Waals surface area contributed by atoms with Gasteiger partial charge in [-0.3, -0.25) is 0 Å². The Kier molecular flexibility index (Phi) is 4.39. The summed E-state index contributed by atoms with van der Waals surface area (Å²) in [7, 11) is 1.67. The van der Waals surface area contributed by atoms with Gasteiger partial charge in [-0.05, 0) is 36.6 Å². The highest BCUT2D eigenvalue weighted by atomic mass is 32.2. The van der Waals surface area contributed by atoms with Crippen LogP contribution in [0.3, 0.4) is 0 Å². The molecule has 0 saturated heterocycles. The first kappa shape index (κ1) is 14.6. The predicted octanol–water partition coefficient (Wildman–Crippen LogP) is 4.54. The molecular formula is C18H16N2OS. The van der Waals surface area contributed by atoms with Crippen LogP contribution in [0.1, 0.15) is 0 Å². The van der Waals surface area contributed by atoms with E-state index in [1.807, 2.05) is 54.8 Å². The van der Waals surface area contributed by atoms with E-state index in [9.17, 15) is 0 Å². The summed E-state index contributed by atoms with van der Waals surface area (Å²) in [6.45, 7) is 0. The summed E-state index contributed by atoms with van der Waals surface area (Å²) in [4.78, 5) is 9.22. The van der Waals surface area contributed by atoms with Crippen molar-refractivity contribution in [3.63, 3.8) is 0 Å². The Morgan fingerprint density at radius 2 is 1.41 bits per heavy atom. The molecule has 0 unspecified atom stereocenters. The van der Waals surface area contributed by atoms with E-state index in [1.54, 1.807) is 18.9 Å². The van der Waals surface area contributed by atoms with E-state index in [0.717, 1.165) is 33.4 Å². The Bertz CT molecular complexity index is 758. The largest absolute Gasteiger partial charge is 0.497 e. The average Bonchev–Trinajstić information content (AvgIpc) is 2.62. The van der Waals surface area contributed by atoms with Crippen LogP contribution < -0.4 is 4.74 Å². The zero-order chi connectivity index (χ0) is 15.4. The maximum absolute atomic E-state index is 5.21. The molecule has 3 rings (SSSR count). The lowest BCUT2D eigenvalue weighted by Crippen LogP contribution is -1.94. The van der Waals surface area contributed by atoms with Crippen molar-refractivity contribution < 1.29 is 4.74 Å². The van der Waals surface area contributed by atoms with Crippen LogP contribution in [0.15, 0.2) is 65.8 Å². The standard InChI is InChI=1S/C18H16N2OS/c1-21-15-10-8-14(9-11-15)17-12-16(19-18(20-17)22-2)13-6-4-3-5-7-13/h3-12H,1-2H3. The van der Waals surface area contributed by atoms with Crippen molar-refractivity contribution in [1.82, 2.24) is 9.97 Å². The van der Waals surface area contributed by atoms with Gasteiger partial charge in [-0.2, -0.15) is 0 Å². The number of aromatic nitrogens is 2. The molecule has 0 amide bonds. The zero-order valence-corrected chi connectivity index (χ0v) is 13.3. The van der Waals surface area contributed by atoms with Gasteiger partial charge >= 0.3 is 0 Å². The molecule has 4 heteroatoms. The Morgan fingerprint density at radius 1 is 0.818 bits per heavy atom. The Labute approximate surface area is 134 Å². The fraction of sp³-hybridized carbons (Fsp3) is 0.111. The lowest BCUT2D eigenvalue weighted by molar-refractivity contribution is 0.415. The number of thioether (sulfide) groups is 1. The van der Waals surface area contributed by atoms with Gasteiger partial charge in [-0.25, -0.2) is 9.97 Å². The van der Waals surface area contributed by atoms with Gasteiger partial charge in [0.05, 0.1) is 18.5 Å². The SMILES string of the molecule is COc1ccc(-c2cc(-c3ccccc3)nc(SC)n2)cc1. The van der Waals surface area contributed by atoms with E-state index in [1.165, 1.54) is 0 Å². The van der Waals surface area contributed by atoms with Gasteiger partial charge in [0.25, 0.3) is 0 Å². The summed E-state index contributed by atoms with van der Waals surface area (Å²) in [6, 6.07) is 20.1. The minimum absolute atomic E-state index is 0.771. The Balaban J connectivity index is 2.07. The van der Waals surface area contributed by atoms with Crippen LogP contribution in [0.4, 0.5) is 0 Å². The van der Waals surface area contributed by atoms with E-state index < -0.39 is 0 Å². The van der Waals surface area contributed by atoms with E-state index in [4.69, 9.17) is 4.74 Å². The minimum atomic E-state index is 0.771. The highest BCUT2D eigenvalue weighted by Gasteiger charge is 2.08.